The lowest BCUT2D eigenvalue weighted by Crippen LogP contribution is -2.25. The van der Waals surface area contributed by atoms with E-state index in [9.17, 15) is 5.11 Å². The molecule has 1 heterocycles. The SMILES string of the molecule is CC(C)c1nc2ccccc2n1CC(O)COc1ccccc1Cl.Cl. The molecule has 0 amide bonds. The van der Waals surface area contributed by atoms with E-state index in [1.807, 2.05) is 36.4 Å². The summed E-state index contributed by atoms with van der Waals surface area (Å²) in [4.78, 5) is 4.69. The highest BCUT2D eigenvalue weighted by molar-refractivity contribution is 6.32. The monoisotopic (exact) mass is 380 g/mol. The Hall–Kier alpha value is -1.75. The molecular formula is C19H22Cl2N2O2. The van der Waals surface area contributed by atoms with Crippen molar-refractivity contribution in [2.24, 2.45) is 0 Å². The average Bonchev–Trinajstić information content (AvgIpc) is 2.93. The molecule has 0 aliphatic rings. The van der Waals surface area contributed by atoms with Gasteiger partial charge in [-0.05, 0) is 24.3 Å². The largest absolute Gasteiger partial charge is 0.489 e. The Morgan fingerprint density at radius 1 is 1.12 bits per heavy atom. The van der Waals surface area contributed by atoms with Crippen molar-refractivity contribution < 1.29 is 9.84 Å². The van der Waals surface area contributed by atoms with E-state index >= 15 is 0 Å². The van der Waals surface area contributed by atoms with Gasteiger partial charge in [-0.2, -0.15) is 0 Å². The van der Waals surface area contributed by atoms with E-state index in [-0.39, 0.29) is 24.9 Å². The van der Waals surface area contributed by atoms with Gasteiger partial charge in [-0.25, -0.2) is 4.98 Å². The Bertz CT molecular complexity index is 833. The zero-order chi connectivity index (χ0) is 17.1. The molecule has 6 heteroatoms. The molecule has 3 aromatic rings. The molecule has 1 N–H and O–H groups in total. The Balaban J connectivity index is 0.00000225. The van der Waals surface area contributed by atoms with Gasteiger partial charge in [0, 0.05) is 5.92 Å². The zero-order valence-corrected chi connectivity index (χ0v) is 15.8. The van der Waals surface area contributed by atoms with Crippen LogP contribution in [0.5, 0.6) is 5.75 Å². The molecule has 1 unspecified atom stereocenters. The third-order valence-electron chi connectivity index (χ3n) is 3.86. The first-order valence-corrected chi connectivity index (χ1v) is 8.44. The van der Waals surface area contributed by atoms with Crippen molar-refractivity contribution in [1.29, 1.82) is 0 Å². The number of ether oxygens (including phenoxy) is 1. The smallest absolute Gasteiger partial charge is 0.138 e. The van der Waals surface area contributed by atoms with Crippen LogP contribution in [-0.2, 0) is 6.54 Å². The number of hydrogen-bond donors (Lipinski definition) is 1. The lowest BCUT2D eigenvalue weighted by molar-refractivity contribution is 0.0926. The summed E-state index contributed by atoms with van der Waals surface area (Å²) >= 11 is 6.07. The zero-order valence-electron chi connectivity index (χ0n) is 14.2. The summed E-state index contributed by atoms with van der Waals surface area (Å²) in [6.45, 7) is 4.81. The van der Waals surface area contributed by atoms with Crippen LogP contribution in [0.2, 0.25) is 5.02 Å². The average molecular weight is 381 g/mol. The summed E-state index contributed by atoms with van der Waals surface area (Å²) in [7, 11) is 0. The number of imidazole rings is 1. The molecule has 0 spiro atoms. The highest BCUT2D eigenvalue weighted by atomic mass is 35.5. The standard InChI is InChI=1S/C19H21ClN2O2.ClH/c1-13(2)19-21-16-8-4-5-9-17(16)22(19)11-14(23)12-24-18-10-6-3-7-15(18)20;/h3-10,13-14,23H,11-12H2,1-2H3;1H. The molecule has 0 fully saturated rings. The van der Waals surface area contributed by atoms with E-state index in [1.54, 1.807) is 12.1 Å². The predicted octanol–water partition coefficient (Wildman–Crippen LogP) is 4.67. The van der Waals surface area contributed by atoms with E-state index in [4.69, 9.17) is 16.3 Å². The molecule has 0 saturated carbocycles. The second kappa shape index (κ2) is 8.56. The van der Waals surface area contributed by atoms with Gasteiger partial charge in [-0.15, -0.1) is 12.4 Å². The molecule has 0 aliphatic heterocycles. The van der Waals surface area contributed by atoms with Gasteiger partial charge in [0.2, 0.25) is 0 Å². The first-order chi connectivity index (χ1) is 11.6. The molecule has 134 valence electrons. The van der Waals surface area contributed by atoms with E-state index in [0.717, 1.165) is 16.9 Å². The number of benzene rings is 2. The Kier molecular flexibility index (Phi) is 6.71. The van der Waals surface area contributed by atoms with Crippen LogP contribution in [0.25, 0.3) is 11.0 Å². The summed E-state index contributed by atoms with van der Waals surface area (Å²) in [5.74, 6) is 1.82. The number of aromatic nitrogens is 2. The summed E-state index contributed by atoms with van der Waals surface area (Å²) in [6, 6.07) is 15.2. The van der Waals surface area contributed by atoms with Crippen molar-refractivity contribution in [2.45, 2.75) is 32.4 Å². The minimum atomic E-state index is -0.656. The van der Waals surface area contributed by atoms with Gasteiger partial charge in [0.1, 0.15) is 24.3 Å². The van der Waals surface area contributed by atoms with Gasteiger partial charge >= 0.3 is 0 Å². The van der Waals surface area contributed by atoms with Crippen LogP contribution >= 0.6 is 24.0 Å². The van der Waals surface area contributed by atoms with Crippen LogP contribution in [0.3, 0.4) is 0 Å². The first kappa shape index (κ1) is 19.6. The number of rotatable bonds is 6. The molecule has 1 atom stereocenters. The molecule has 4 nitrogen and oxygen atoms in total. The van der Waals surface area contributed by atoms with Gasteiger partial charge in [-0.3, -0.25) is 0 Å². The number of para-hydroxylation sites is 3. The number of nitrogens with zero attached hydrogens (tertiary/aromatic N) is 2. The Morgan fingerprint density at radius 2 is 1.80 bits per heavy atom. The van der Waals surface area contributed by atoms with Gasteiger partial charge in [0.15, 0.2) is 0 Å². The number of aliphatic hydroxyl groups is 1. The quantitative estimate of drug-likeness (QED) is 0.675. The van der Waals surface area contributed by atoms with Crippen molar-refractivity contribution in [3.63, 3.8) is 0 Å². The molecule has 0 bridgehead atoms. The first-order valence-electron chi connectivity index (χ1n) is 8.07. The molecule has 3 rings (SSSR count). The topological polar surface area (TPSA) is 47.3 Å². The lowest BCUT2D eigenvalue weighted by Gasteiger charge is -2.17. The molecular weight excluding hydrogens is 359 g/mol. The van der Waals surface area contributed by atoms with Gasteiger partial charge in [-0.1, -0.05) is 49.7 Å². The molecule has 2 aromatic carbocycles. The van der Waals surface area contributed by atoms with Crippen LogP contribution in [0.1, 0.15) is 25.6 Å². The fraction of sp³-hybridized carbons (Fsp3) is 0.316. The van der Waals surface area contributed by atoms with E-state index < -0.39 is 6.10 Å². The third-order valence-corrected chi connectivity index (χ3v) is 4.17. The fourth-order valence-corrected chi connectivity index (χ4v) is 2.93. The van der Waals surface area contributed by atoms with E-state index in [0.29, 0.717) is 17.3 Å². The maximum Gasteiger partial charge on any atom is 0.138 e. The second-order valence-corrected chi connectivity index (χ2v) is 6.53. The third kappa shape index (κ3) is 4.46. The Morgan fingerprint density at radius 3 is 2.52 bits per heavy atom. The predicted molar refractivity (Wildman–Crippen MR) is 104 cm³/mol. The van der Waals surface area contributed by atoms with Crippen molar-refractivity contribution >= 4 is 35.0 Å². The highest BCUT2D eigenvalue weighted by Crippen LogP contribution is 2.24. The van der Waals surface area contributed by atoms with Gasteiger partial charge in [0.25, 0.3) is 0 Å². The Labute approximate surface area is 158 Å². The van der Waals surface area contributed by atoms with Crippen LogP contribution in [0.15, 0.2) is 48.5 Å². The number of halogens is 2. The van der Waals surface area contributed by atoms with Crippen molar-refractivity contribution in [1.82, 2.24) is 9.55 Å². The van der Waals surface area contributed by atoms with Crippen LogP contribution in [0.4, 0.5) is 0 Å². The molecule has 0 radical (unpaired) electrons. The fourth-order valence-electron chi connectivity index (χ4n) is 2.74. The highest BCUT2D eigenvalue weighted by Gasteiger charge is 2.17. The number of fused-ring (bicyclic) bond motifs is 1. The van der Waals surface area contributed by atoms with E-state index in [2.05, 4.69) is 23.4 Å². The summed E-state index contributed by atoms with van der Waals surface area (Å²) in [6.07, 6.45) is -0.656. The van der Waals surface area contributed by atoms with Crippen molar-refractivity contribution in [3.8, 4) is 5.75 Å². The maximum absolute atomic E-state index is 10.4. The second-order valence-electron chi connectivity index (χ2n) is 6.12. The summed E-state index contributed by atoms with van der Waals surface area (Å²) < 4.78 is 7.71. The van der Waals surface area contributed by atoms with Crippen molar-refractivity contribution in [2.75, 3.05) is 6.61 Å². The molecule has 1 aromatic heterocycles. The summed E-state index contributed by atoms with van der Waals surface area (Å²) in [5, 5.41) is 11.0. The van der Waals surface area contributed by atoms with Crippen molar-refractivity contribution in [3.05, 3.63) is 59.4 Å². The van der Waals surface area contributed by atoms with Gasteiger partial charge < -0.3 is 14.4 Å². The molecule has 0 saturated heterocycles. The van der Waals surface area contributed by atoms with E-state index in [1.165, 1.54) is 0 Å². The van der Waals surface area contributed by atoms with Crippen LogP contribution in [0, 0.1) is 0 Å². The molecule has 0 aliphatic carbocycles. The molecule has 25 heavy (non-hydrogen) atoms. The minimum Gasteiger partial charge on any atom is -0.489 e. The lowest BCUT2D eigenvalue weighted by atomic mass is 10.2. The van der Waals surface area contributed by atoms with Crippen LogP contribution < -0.4 is 4.74 Å². The normalized spacial score (nSPS) is 12.2. The van der Waals surface area contributed by atoms with Crippen LogP contribution in [-0.4, -0.2) is 27.4 Å². The maximum atomic E-state index is 10.4. The number of aliphatic hydroxyl groups excluding tert-OH is 1. The summed E-state index contributed by atoms with van der Waals surface area (Å²) in [5.41, 5.74) is 1.97. The van der Waals surface area contributed by atoms with Gasteiger partial charge in [0.05, 0.1) is 22.6 Å². The minimum absolute atomic E-state index is 0. The number of hydrogen-bond acceptors (Lipinski definition) is 3.